The number of hydrogen-bond acceptors (Lipinski definition) is 4. The summed E-state index contributed by atoms with van der Waals surface area (Å²) in [7, 11) is 1.60. The smallest absolute Gasteiger partial charge is 0.239 e. The first-order chi connectivity index (χ1) is 9.53. The van der Waals surface area contributed by atoms with Gasteiger partial charge in [-0.15, -0.1) is 0 Å². The highest BCUT2D eigenvalue weighted by Crippen LogP contribution is 2.31. The molecule has 0 fully saturated rings. The molecule has 0 atom stereocenters. The first kappa shape index (κ1) is 16.9. The fraction of sp³-hybridized carbons (Fsp3) is 0.538. The molecule has 0 saturated carbocycles. The monoisotopic (exact) mass is 318 g/mol. The van der Waals surface area contributed by atoms with Gasteiger partial charge in [0.1, 0.15) is 11.6 Å². The average Bonchev–Trinajstić information content (AvgIpc) is 2.41. The number of likely N-dealkylation sites (N-methyl/N-ethyl adjacent to an activating group) is 1. The predicted octanol–water partition coefficient (Wildman–Crippen LogP) is 2.78. The van der Waals surface area contributed by atoms with E-state index >= 15 is 0 Å². The van der Waals surface area contributed by atoms with E-state index in [0.717, 1.165) is 6.42 Å². The van der Waals surface area contributed by atoms with Crippen molar-refractivity contribution in [3.63, 3.8) is 0 Å². The average molecular weight is 319 g/mol. The van der Waals surface area contributed by atoms with Crippen LogP contribution in [0.2, 0.25) is 10.0 Å². The first-order valence-corrected chi connectivity index (χ1v) is 7.34. The Hall–Kier alpha value is -1.20. The van der Waals surface area contributed by atoms with Crippen molar-refractivity contribution in [2.75, 3.05) is 36.9 Å². The lowest BCUT2D eigenvalue weighted by atomic mass is 10.3. The molecule has 0 radical (unpaired) electrons. The Bertz CT molecular complexity index is 468. The second-order valence-electron chi connectivity index (χ2n) is 4.25. The number of halogens is 2. The summed E-state index contributed by atoms with van der Waals surface area (Å²) >= 11 is 12.3. The third-order valence-electron chi connectivity index (χ3n) is 2.66. The zero-order chi connectivity index (χ0) is 15.1. The van der Waals surface area contributed by atoms with Gasteiger partial charge in [0.25, 0.3) is 0 Å². The standard InChI is InChI=1S/C13H20Cl2N4O/c1-4-6-19(8-11(20)16-3)13-10(15)7-9(14)12(18-13)17-5-2/h7H,4-6,8H2,1-3H3,(H,16,20)(H,17,18). The van der Waals surface area contributed by atoms with Crippen LogP contribution >= 0.6 is 23.2 Å². The highest BCUT2D eigenvalue weighted by molar-refractivity contribution is 6.37. The number of amides is 1. The highest BCUT2D eigenvalue weighted by atomic mass is 35.5. The number of nitrogens with zero attached hydrogens (tertiary/aromatic N) is 2. The second kappa shape index (κ2) is 8.17. The Morgan fingerprint density at radius 1 is 1.35 bits per heavy atom. The van der Waals surface area contributed by atoms with Gasteiger partial charge in [0.05, 0.1) is 16.6 Å². The van der Waals surface area contributed by atoms with Gasteiger partial charge in [0, 0.05) is 20.1 Å². The van der Waals surface area contributed by atoms with Crippen molar-refractivity contribution in [1.29, 1.82) is 0 Å². The van der Waals surface area contributed by atoms with Gasteiger partial charge in [-0.05, 0) is 19.4 Å². The topological polar surface area (TPSA) is 57.3 Å². The van der Waals surface area contributed by atoms with Gasteiger partial charge in [-0.2, -0.15) is 0 Å². The molecular formula is C13H20Cl2N4O. The number of aromatic nitrogens is 1. The maximum Gasteiger partial charge on any atom is 0.239 e. The summed E-state index contributed by atoms with van der Waals surface area (Å²) in [6, 6.07) is 1.65. The SMILES string of the molecule is CCCN(CC(=O)NC)c1nc(NCC)c(Cl)cc1Cl. The molecule has 0 aliphatic rings. The van der Waals surface area contributed by atoms with Gasteiger partial charge in [0.2, 0.25) is 5.91 Å². The minimum absolute atomic E-state index is 0.0868. The molecule has 0 aliphatic heterocycles. The molecule has 20 heavy (non-hydrogen) atoms. The number of nitrogens with one attached hydrogen (secondary N) is 2. The summed E-state index contributed by atoms with van der Waals surface area (Å²) in [6.07, 6.45) is 0.883. The summed E-state index contributed by atoms with van der Waals surface area (Å²) in [5.41, 5.74) is 0. The van der Waals surface area contributed by atoms with Crippen molar-refractivity contribution in [3.8, 4) is 0 Å². The van der Waals surface area contributed by atoms with Gasteiger partial charge in [-0.3, -0.25) is 4.79 Å². The zero-order valence-electron chi connectivity index (χ0n) is 12.0. The molecule has 0 aromatic carbocycles. The van der Waals surface area contributed by atoms with Crippen molar-refractivity contribution in [2.45, 2.75) is 20.3 Å². The summed E-state index contributed by atoms with van der Waals surface area (Å²) in [6.45, 7) is 5.60. The predicted molar refractivity (Wildman–Crippen MR) is 85.0 cm³/mol. The molecule has 0 unspecified atom stereocenters. The minimum atomic E-state index is -0.0868. The first-order valence-electron chi connectivity index (χ1n) is 6.58. The maximum absolute atomic E-state index is 11.6. The Morgan fingerprint density at radius 3 is 2.60 bits per heavy atom. The van der Waals surface area contributed by atoms with Crippen LogP contribution in [0, 0.1) is 0 Å². The van der Waals surface area contributed by atoms with Gasteiger partial charge in [-0.25, -0.2) is 4.98 Å². The van der Waals surface area contributed by atoms with E-state index in [1.165, 1.54) is 0 Å². The molecule has 1 heterocycles. The molecule has 0 aliphatic carbocycles. The molecular weight excluding hydrogens is 299 g/mol. The van der Waals surface area contributed by atoms with Crippen molar-refractivity contribution < 1.29 is 4.79 Å². The third kappa shape index (κ3) is 4.42. The van der Waals surface area contributed by atoms with Crippen molar-refractivity contribution in [3.05, 3.63) is 16.1 Å². The van der Waals surface area contributed by atoms with Gasteiger partial charge < -0.3 is 15.5 Å². The largest absolute Gasteiger partial charge is 0.369 e. The van der Waals surface area contributed by atoms with E-state index in [9.17, 15) is 4.79 Å². The van der Waals surface area contributed by atoms with Gasteiger partial charge in [-0.1, -0.05) is 30.1 Å². The molecule has 0 bridgehead atoms. The molecule has 1 aromatic heterocycles. The van der Waals surface area contributed by atoms with E-state index in [1.807, 2.05) is 18.7 Å². The van der Waals surface area contributed by atoms with Gasteiger partial charge >= 0.3 is 0 Å². The molecule has 1 rings (SSSR count). The minimum Gasteiger partial charge on any atom is -0.369 e. The normalized spacial score (nSPS) is 10.2. The summed E-state index contributed by atoms with van der Waals surface area (Å²) in [5.74, 6) is 1.06. The molecule has 7 heteroatoms. The van der Waals surface area contributed by atoms with Crippen LogP contribution in [0.1, 0.15) is 20.3 Å². The van der Waals surface area contributed by atoms with Crippen LogP contribution in [-0.2, 0) is 4.79 Å². The van der Waals surface area contributed by atoms with Crippen LogP contribution in [0.4, 0.5) is 11.6 Å². The van der Waals surface area contributed by atoms with Crippen LogP contribution in [0.15, 0.2) is 6.07 Å². The number of carbonyl (C=O) groups excluding carboxylic acids is 1. The van der Waals surface area contributed by atoms with E-state index in [2.05, 4.69) is 15.6 Å². The van der Waals surface area contributed by atoms with E-state index in [4.69, 9.17) is 23.2 Å². The second-order valence-corrected chi connectivity index (χ2v) is 5.06. The van der Waals surface area contributed by atoms with Crippen LogP contribution in [0.3, 0.4) is 0 Å². The lowest BCUT2D eigenvalue weighted by Crippen LogP contribution is -2.36. The Morgan fingerprint density at radius 2 is 2.05 bits per heavy atom. The summed E-state index contributed by atoms with van der Waals surface area (Å²) < 4.78 is 0. The lowest BCUT2D eigenvalue weighted by Gasteiger charge is -2.24. The lowest BCUT2D eigenvalue weighted by molar-refractivity contribution is -0.119. The molecule has 2 N–H and O–H groups in total. The van der Waals surface area contributed by atoms with Crippen LogP contribution < -0.4 is 15.5 Å². The quantitative estimate of drug-likeness (QED) is 0.811. The Balaban J connectivity index is 3.10. The molecule has 1 aromatic rings. The number of hydrogen-bond donors (Lipinski definition) is 2. The van der Waals surface area contributed by atoms with Crippen molar-refractivity contribution >= 4 is 40.7 Å². The molecule has 0 spiro atoms. The van der Waals surface area contributed by atoms with Crippen molar-refractivity contribution in [2.24, 2.45) is 0 Å². The van der Waals surface area contributed by atoms with E-state index < -0.39 is 0 Å². The fourth-order valence-corrected chi connectivity index (χ4v) is 2.30. The van der Waals surface area contributed by atoms with Crippen LogP contribution in [0.25, 0.3) is 0 Å². The van der Waals surface area contributed by atoms with E-state index in [1.54, 1.807) is 13.1 Å². The zero-order valence-corrected chi connectivity index (χ0v) is 13.5. The number of carbonyl (C=O) groups is 1. The number of rotatable bonds is 7. The van der Waals surface area contributed by atoms with Crippen molar-refractivity contribution in [1.82, 2.24) is 10.3 Å². The summed E-state index contributed by atoms with van der Waals surface area (Å²) in [4.78, 5) is 17.9. The highest BCUT2D eigenvalue weighted by Gasteiger charge is 2.17. The van der Waals surface area contributed by atoms with E-state index in [-0.39, 0.29) is 12.5 Å². The number of anilines is 2. The van der Waals surface area contributed by atoms with Crippen LogP contribution in [-0.4, -0.2) is 37.6 Å². The third-order valence-corrected chi connectivity index (χ3v) is 3.23. The van der Waals surface area contributed by atoms with Crippen LogP contribution in [0.5, 0.6) is 0 Å². The van der Waals surface area contributed by atoms with E-state index in [0.29, 0.717) is 34.8 Å². The molecule has 5 nitrogen and oxygen atoms in total. The molecule has 0 saturated heterocycles. The Kier molecular flexibility index (Phi) is 6.88. The van der Waals surface area contributed by atoms with Gasteiger partial charge in [0.15, 0.2) is 0 Å². The maximum atomic E-state index is 11.6. The summed E-state index contributed by atoms with van der Waals surface area (Å²) in [5, 5.41) is 6.59. The number of pyridine rings is 1. The fourth-order valence-electron chi connectivity index (χ4n) is 1.75. The molecule has 1 amide bonds. The Labute approximate surface area is 129 Å². The molecule has 112 valence electrons.